The van der Waals surface area contributed by atoms with E-state index in [1.165, 1.54) is 5.69 Å². The van der Waals surface area contributed by atoms with Crippen LogP contribution < -0.4 is 4.90 Å². The van der Waals surface area contributed by atoms with E-state index >= 15 is 0 Å². The van der Waals surface area contributed by atoms with E-state index in [0.29, 0.717) is 0 Å². The summed E-state index contributed by atoms with van der Waals surface area (Å²) in [5, 5.41) is 7.86. The number of piperazine rings is 1. The van der Waals surface area contributed by atoms with Gasteiger partial charge >= 0.3 is 0 Å². The Balaban J connectivity index is 1.47. The van der Waals surface area contributed by atoms with Crippen LogP contribution in [0.15, 0.2) is 17.5 Å². The Labute approximate surface area is 163 Å². The highest BCUT2D eigenvalue weighted by Crippen LogP contribution is 2.19. The lowest BCUT2D eigenvalue weighted by molar-refractivity contribution is 0.247. The summed E-state index contributed by atoms with van der Waals surface area (Å²) in [6.07, 6.45) is 0. The van der Waals surface area contributed by atoms with E-state index in [9.17, 15) is 0 Å². The SMILES string of the molecule is Cc1cc(C)n(-c2cc(N3CCN(Cc4csc(C)n4)CC3)nc(C)n2)n1. The van der Waals surface area contributed by atoms with Gasteiger partial charge in [-0.15, -0.1) is 11.3 Å². The molecule has 0 aromatic carbocycles. The number of thiazole rings is 1. The van der Waals surface area contributed by atoms with Crippen molar-refractivity contribution in [3.63, 3.8) is 0 Å². The first kappa shape index (κ1) is 18.1. The van der Waals surface area contributed by atoms with Gasteiger partial charge in [-0.1, -0.05) is 0 Å². The normalized spacial score (nSPS) is 15.5. The van der Waals surface area contributed by atoms with Crippen molar-refractivity contribution in [3.8, 4) is 5.82 Å². The first-order chi connectivity index (χ1) is 13.0. The maximum atomic E-state index is 4.68. The van der Waals surface area contributed by atoms with Crippen LogP contribution in [0.25, 0.3) is 5.82 Å². The van der Waals surface area contributed by atoms with Crippen molar-refractivity contribution in [2.24, 2.45) is 0 Å². The van der Waals surface area contributed by atoms with Gasteiger partial charge in [-0.05, 0) is 33.8 Å². The van der Waals surface area contributed by atoms with Crippen LogP contribution >= 0.6 is 11.3 Å². The van der Waals surface area contributed by atoms with Crippen LogP contribution in [-0.4, -0.2) is 55.8 Å². The molecule has 0 spiro atoms. The first-order valence-electron chi connectivity index (χ1n) is 9.25. The molecule has 8 heteroatoms. The minimum absolute atomic E-state index is 0.774. The Kier molecular flexibility index (Phi) is 4.92. The lowest BCUT2D eigenvalue weighted by atomic mass is 10.3. The number of nitrogens with zero attached hydrogens (tertiary/aromatic N) is 7. The van der Waals surface area contributed by atoms with E-state index < -0.39 is 0 Å². The van der Waals surface area contributed by atoms with Crippen LogP contribution in [0, 0.1) is 27.7 Å². The third-order valence-electron chi connectivity index (χ3n) is 4.79. The smallest absolute Gasteiger partial charge is 0.159 e. The Bertz CT molecular complexity index is 937. The number of anilines is 1. The second-order valence-corrected chi connectivity index (χ2v) is 8.15. The molecule has 7 nitrogen and oxygen atoms in total. The van der Waals surface area contributed by atoms with Crippen LogP contribution in [0.2, 0.25) is 0 Å². The number of aromatic nitrogens is 5. The molecule has 142 valence electrons. The van der Waals surface area contributed by atoms with E-state index in [1.807, 2.05) is 24.6 Å². The monoisotopic (exact) mass is 383 g/mol. The van der Waals surface area contributed by atoms with Crippen molar-refractivity contribution in [3.05, 3.63) is 45.4 Å². The van der Waals surface area contributed by atoms with E-state index in [1.54, 1.807) is 11.3 Å². The molecule has 0 bridgehead atoms. The highest BCUT2D eigenvalue weighted by molar-refractivity contribution is 7.09. The molecular weight excluding hydrogens is 358 g/mol. The van der Waals surface area contributed by atoms with E-state index in [-0.39, 0.29) is 0 Å². The average molecular weight is 384 g/mol. The van der Waals surface area contributed by atoms with Gasteiger partial charge in [0.2, 0.25) is 0 Å². The van der Waals surface area contributed by atoms with Crippen LogP contribution in [0.5, 0.6) is 0 Å². The fraction of sp³-hybridized carbons (Fsp3) is 0.474. The third-order valence-corrected chi connectivity index (χ3v) is 5.61. The minimum Gasteiger partial charge on any atom is -0.354 e. The number of aryl methyl sites for hydroxylation is 4. The van der Waals surface area contributed by atoms with Crippen molar-refractivity contribution in [1.29, 1.82) is 0 Å². The summed E-state index contributed by atoms with van der Waals surface area (Å²) in [6.45, 7) is 12.9. The zero-order chi connectivity index (χ0) is 19.0. The van der Waals surface area contributed by atoms with Crippen LogP contribution in [-0.2, 0) is 6.54 Å². The zero-order valence-electron chi connectivity index (χ0n) is 16.3. The van der Waals surface area contributed by atoms with Gasteiger partial charge in [-0.2, -0.15) is 5.10 Å². The molecule has 3 aromatic heterocycles. The largest absolute Gasteiger partial charge is 0.354 e. The van der Waals surface area contributed by atoms with Gasteiger partial charge in [-0.25, -0.2) is 19.6 Å². The van der Waals surface area contributed by atoms with Crippen LogP contribution in [0.4, 0.5) is 5.82 Å². The fourth-order valence-electron chi connectivity index (χ4n) is 3.51. The van der Waals surface area contributed by atoms with Crippen molar-refractivity contribution < 1.29 is 0 Å². The van der Waals surface area contributed by atoms with Crippen molar-refractivity contribution >= 4 is 17.2 Å². The Hall–Kier alpha value is -2.32. The molecule has 0 atom stereocenters. The summed E-state index contributed by atoms with van der Waals surface area (Å²) in [5.74, 6) is 2.59. The quantitative estimate of drug-likeness (QED) is 0.690. The molecule has 4 heterocycles. The maximum Gasteiger partial charge on any atom is 0.159 e. The second kappa shape index (κ2) is 7.36. The summed E-state index contributed by atoms with van der Waals surface area (Å²) in [5.41, 5.74) is 3.26. The molecule has 1 aliphatic heterocycles. The molecule has 0 saturated carbocycles. The van der Waals surface area contributed by atoms with Crippen LogP contribution in [0.3, 0.4) is 0 Å². The summed E-state index contributed by atoms with van der Waals surface area (Å²) < 4.78 is 1.90. The van der Waals surface area contributed by atoms with Gasteiger partial charge in [0.15, 0.2) is 5.82 Å². The summed E-state index contributed by atoms with van der Waals surface area (Å²) in [4.78, 5) is 18.6. The van der Waals surface area contributed by atoms with E-state index in [4.69, 9.17) is 0 Å². The fourth-order valence-corrected chi connectivity index (χ4v) is 4.12. The molecule has 27 heavy (non-hydrogen) atoms. The predicted molar refractivity (Wildman–Crippen MR) is 108 cm³/mol. The number of rotatable bonds is 4. The van der Waals surface area contributed by atoms with Crippen molar-refractivity contribution in [2.75, 3.05) is 31.1 Å². The zero-order valence-corrected chi connectivity index (χ0v) is 17.1. The Morgan fingerprint density at radius 1 is 0.926 bits per heavy atom. The topological polar surface area (TPSA) is 63.0 Å². The van der Waals surface area contributed by atoms with Crippen molar-refractivity contribution in [1.82, 2.24) is 29.6 Å². The first-order valence-corrected chi connectivity index (χ1v) is 10.1. The van der Waals surface area contributed by atoms with Crippen LogP contribution in [0.1, 0.15) is 27.9 Å². The standard InChI is InChI=1S/C19H25N7S/c1-13-9-14(2)26(23-13)19-10-18(20-15(3)21-19)25-7-5-24(6-8-25)11-17-12-27-16(4)22-17/h9-10,12H,5-8,11H2,1-4H3. The van der Waals surface area contributed by atoms with Gasteiger partial charge < -0.3 is 4.90 Å². The van der Waals surface area contributed by atoms with Gasteiger partial charge in [0, 0.05) is 49.9 Å². The number of hydrogen-bond acceptors (Lipinski definition) is 7. The summed E-state index contributed by atoms with van der Waals surface area (Å²) in [6, 6.07) is 4.11. The molecule has 0 amide bonds. The predicted octanol–water partition coefficient (Wildman–Crippen LogP) is 2.67. The molecule has 0 radical (unpaired) electrons. The molecule has 1 saturated heterocycles. The Morgan fingerprint density at radius 2 is 1.67 bits per heavy atom. The van der Waals surface area contributed by atoms with E-state index in [0.717, 1.165) is 66.6 Å². The lowest BCUT2D eigenvalue weighted by Gasteiger charge is -2.35. The van der Waals surface area contributed by atoms with E-state index in [2.05, 4.69) is 55.1 Å². The molecule has 0 aliphatic carbocycles. The van der Waals surface area contributed by atoms with Gasteiger partial charge in [0.05, 0.1) is 16.4 Å². The third kappa shape index (κ3) is 4.01. The Morgan fingerprint density at radius 3 is 2.30 bits per heavy atom. The average Bonchev–Trinajstić information content (AvgIpc) is 3.19. The van der Waals surface area contributed by atoms with Crippen molar-refractivity contribution in [2.45, 2.75) is 34.2 Å². The van der Waals surface area contributed by atoms with Gasteiger partial charge in [0.25, 0.3) is 0 Å². The van der Waals surface area contributed by atoms with Gasteiger partial charge in [0.1, 0.15) is 11.6 Å². The second-order valence-electron chi connectivity index (χ2n) is 7.09. The highest BCUT2D eigenvalue weighted by atomic mass is 32.1. The van der Waals surface area contributed by atoms with Gasteiger partial charge in [-0.3, -0.25) is 4.90 Å². The lowest BCUT2D eigenvalue weighted by Crippen LogP contribution is -2.46. The molecular formula is C19H25N7S. The molecule has 1 aliphatic rings. The molecule has 0 N–H and O–H groups in total. The maximum absolute atomic E-state index is 4.68. The molecule has 0 unspecified atom stereocenters. The summed E-state index contributed by atoms with van der Waals surface area (Å²) >= 11 is 1.72. The molecule has 1 fully saturated rings. The molecule has 3 aromatic rings. The molecule has 4 rings (SSSR count). The minimum atomic E-state index is 0.774. The number of hydrogen-bond donors (Lipinski definition) is 0. The highest BCUT2D eigenvalue weighted by Gasteiger charge is 2.20. The summed E-state index contributed by atoms with van der Waals surface area (Å²) in [7, 11) is 0.